The molecule has 2 aliphatic rings. The van der Waals surface area contributed by atoms with Crippen LogP contribution in [-0.4, -0.2) is 11.2 Å². The van der Waals surface area contributed by atoms with E-state index in [1.807, 2.05) is 24.4 Å². The van der Waals surface area contributed by atoms with Gasteiger partial charge < -0.3 is 10.3 Å². The molecule has 0 aromatic carbocycles. The van der Waals surface area contributed by atoms with E-state index in [4.69, 9.17) is 0 Å². The van der Waals surface area contributed by atoms with Crippen LogP contribution < -0.4 is 5.32 Å². The second kappa shape index (κ2) is 5.10. The summed E-state index contributed by atoms with van der Waals surface area (Å²) in [5, 5.41) is 3.25. The summed E-state index contributed by atoms with van der Waals surface area (Å²) in [4.78, 5) is 7.51. The maximum absolute atomic E-state index is 13.1. The van der Waals surface area contributed by atoms with Gasteiger partial charge in [0.15, 0.2) is 0 Å². The Hall–Kier alpha value is -2.36. The molecule has 2 N–H and O–H groups in total. The largest absolute Gasteiger partial charge is 0.363 e. The maximum atomic E-state index is 13.1. The van der Waals surface area contributed by atoms with Gasteiger partial charge in [-0.3, -0.25) is 4.99 Å². The van der Waals surface area contributed by atoms with E-state index in [0.717, 1.165) is 22.7 Å². The van der Waals surface area contributed by atoms with Gasteiger partial charge in [-0.05, 0) is 35.9 Å². The quantitative estimate of drug-likeness (QED) is 0.836. The summed E-state index contributed by atoms with van der Waals surface area (Å²) in [5.74, 6) is -0.135. The van der Waals surface area contributed by atoms with Crippen LogP contribution in [0.3, 0.4) is 0 Å². The van der Waals surface area contributed by atoms with Crippen molar-refractivity contribution in [3.05, 3.63) is 65.0 Å². The van der Waals surface area contributed by atoms with Gasteiger partial charge in [0.05, 0.1) is 12.2 Å². The summed E-state index contributed by atoms with van der Waals surface area (Å²) in [6.07, 6.45) is 13.0. The number of H-pyrrole nitrogens is 1. The van der Waals surface area contributed by atoms with Crippen molar-refractivity contribution in [2.24, 2.45) is 4.99 Å². The lowest BCUT2D eigenvalue weighted by molar-refractivity contribution is 0.618. The Morgan fingerprint density at radius 2 is 2.21 bits per heavy atom. The predicted octanol–water partition coefficient (Wildman–Crippen LogP) is 3.23. The van der Waals surface area contributed by atoms with Gasteiger partial charge in [0.2, 0.25) is 0 Å². The van der Waals surface area contributed by atoms with Crippen molar-refractivity contribution in [3.63, 3.8) is 0 Å². The van der Waals surface area contributed by atoms with E-state index in [0.29, 0.717) is 13.0 Å². The molecule has 0 saturated heterocycles. The Kier molecular flexibility index (Phi) is 3.14. The van der Waals surface area contributed by atoms with E-state index in [1.54, 1.807) is 18.4 Å². The third kappa shape index (κ3) is 2.73. The highest BCUT2D eigenvalue weighted by Gasteiger charge is 2.06. The molecule has 0 unspecified atom stereocenters. The number of nitrogens with zero attached hydrogens (tertiary/aromatic N) is 1. The number of aromatic amines is 1. The molecular weight excluding hydrogens is 241 g/mol. The molecule has 4 heteroatoms. The Labute approximate surface area is 110 Å². The van der Waals surface area contributed by atoms with E-state index in [1.165, 1.54) is 6.08 Å². The second-order valence-corrected chi connectivity index (χ2v) is 4.45. The number of rotatable bonds is 2. The van der Waals surface area contributed by atoms with Crippen LogP contribution >= 0.6 is 0 Å². The third-order valence-electron chi connectivity index (χ3n) is 3.00. The number of hydrogen-bond acceptors (Lipinski definition) is 2. The minimum Gasteiger partial charge on any atom is -0.363 e. The molecule has 0 radical (unpaired) electrons. The zero-order valence-corrected chi connectivity index (χ0v) is 10.4. The van der Waals surface area contributed by atoms with Crippen LogP contribution in [0.4, 0.5) is 4.39 Å². The zero-order valence-electron chi connectivity index (χ0n) is 10.4. The maximum Gasteiger partial charge on any atom is 0.104 e. The molecule has 0 fully saturated rings. The molecule has 1 aliphatic heterocycles. The van der Waals surface area contributed by atoms with Crippen molar-refractivity contribution in [1.29, 1.82) is 0 Å². The normalized spacial score (nSPS) is 17.8. The third-order valence-corrected chi connectivity index (χ3v) is 3.00. The second-order valence-electron chi connectivity index (χ2n) is 4.45. The lowest BCUT2D eigenvalue weighted by Gasteiger charge is -2.06. The highest BCUT2D eigenvalue weighted by Crippen LogP contribution is 2.16. The van der Waals surface area contributed by atoms with Crippen molar-refractivity contribution in [2.75, 3.05) is 0 Å². The van der Waals surface area contributed by atoms with Crippen molar-refractivity contribution >= 4 is 12.3 Å². The van der Waals surface area contributed by atoms with Crippen LogP contribution in [0.1, 0.15) is 17.7 Å². The highest BCUT2D eigenvalue weighted by atomic mass is 19.1. The molecule has 3 rings (SSSR count). The van der Waals surface area contributed by atoms with Gasteiger partial charge in [0.25, 0.3) is 0 Å². The van der Waals surface area contributed by atoms with Crippen LogP contribution in [0.15, 0.2) is 58.8 Å². The SMILES string of the molecule is FC1=CC=C(NC2=Cc3cc[nH]c3CN=C2)C=CC1. The van der Waals surface area contributed by atoms with Crippen molar-refractivity contribution in [3.8, 4) is 0 Å². The molecule has 0 amide bonds. The van der Waals surface area contributed by atoms with E-state index in [2.05, 4.69) is 15.3 Å². The molecule has 96 valence electrons. The Morgan fingerprint density at radius 3 is 3.16 bits per heavy atom. The van der Waals surface area contributed by atoms with Gasteiger partial charge in [-0.1, -0.05) is 6.08 Å². The van der Waals surface area contributed by atoms with Gasteiger partial charge in [-0.25, -0.2) is 4.39 Å². The average molecular weight is 255 g/mol. The van der Waals surface area contributed by atoms with E-state index >= 15 is 0 Å². The summed E-state index contributed by atoms with van der Waals surface area (Å²) < 4.78 is 13.1. The lowest BCUT2D eigenvalue weighted by atomic mass is 10.2. The average Bonchev–Trinajstić information content (AvgIpc) is 2.61. The molecule has 0 atom stereocenters. The summed E-state index contributed by atoms with van der Waals surface area (Å²) >= 11 is 0. The predicted molar refractivity (Wildman–Crippen MR) is 75.1 cm³/mol. The molecule has 0 spiro atoms. The van der Waals surface area contributed by atoms with E-state index in [9.17, 15) is 4.39 Å². The van der Waals surface area contributed by atoms with Gasteiger partial charge in [0.1, 0.15) is 5.83 Å². The smallest absolute Gasteiger partial charge is 0.104 e. The number of aromatic nitrogens is 1. The summed E-state index contributed by atoms with van der Waals surface area (Å²) in [6, 6.07) is 2.02. The van der Waals surface area contributed by atoms with Crippen molar-refractivity contribution < 1.29 is 4.39 Å². The summed E-state index contributed by atoms with van der Waals surface area (Å²) in [7, 11) is 0. The molecule has 1 aliphatic carbocycles. The van der Waals surface area contributed by atoms with Gasteiger partial charge in [-0.15, -0.1) is 0 Å². The lowest BCUT2D eigenvalue weighted by Crippen LogP contribution is -2.11. The first-order valence-corrected chi connectivity index (χ1v) is 6.19. The van der Waals surface area contributed by atoms with Crippen molar-refractivity contribution in [2.45, 2.75) is 13.0 Å². The molecular formula is C15H14FN3. The molecule has 19 heavy (non-hydrogen) atoms. The van der Waals surface area contributed by atoms with Crippen LogP contribution in [0.2, 0.25) is 0 Å². The Morgan fingerprint density at radius 1 is 1.26 bits per heavy atom. The molecule has 2 heterocycles. The summed E-state index contributed by atoms with van der Waals surface area (Å²) in [6.45, 7) is 0.646. The fourth-order valence-electron chi connectivity index (χ4n) is 2.05. The molecule has 0 saturated carbocycles. The number of halogens is 1. The molecule has 1 aromatic rings. The Balaban J connectivity index is 1.84. The first kappa shape index (κ1) is 11.7. The van der Waals surface area contributed by atoms with Gasteiger partial charge in [-0.2, -0.15) is 0 Å². The van der Waals surface area contributed by atoms with Crippen LogP contribution in [0.25, 0.3) is 6.08 Å². The monoisotopic (exact) mass is 255 g/mol. The Bertz CT molecular complexity index is 630. The number of nitrogens with one attached hydrogen (secondary N) is 2. The number of hydrogen-bond donors (Lipinski definition) is 2. The van der Waals surface area contributed by atoms with Gasteiger partial charge in [0, 0.05) is 30.2 Å². The molecule has 3 nitrogen and oxygen atoms in total. The highest BCUT2D eigenvalue weighted by molar-refractivity contribution is 5.86. The topological polar surface area (TPSA) is 40.2 Å². The van der Waals surface area contributed by atoms with E-state index in [-0.39, 0.29) is 5.83 Å². The van der Waals surface area contributed by atoms with Gasteiger partial charge >= 0.3 is 0 Å². The number of fused-ring (bicyclic) bond motifs is 1. The first-order chi connectivity index (χ1) is 9.31. The van der Waals surface area contributed by atoms with Crippen LogP contribution in [0, 0.1) is 0 Å². The fourth-order valence-corrected chi connectivity index (χ4v) is 2.05. The molecule has 0 bridgehead atoms. The zero-order chi connectivity index (χ0) is 13.1. The number of allylic oxidation sites excluding steroid dienone is 6. The van der Waals surface area contributed by atoms with E-state index < -0.39 is 0 Å². The van der Waals surface area contributed by atoms with Crippen molar-refractivity contribution in [1.82, 2.24) is 10.3 Å². The number of aliphatic imine (C=N–C) groups is 1. The minimum atomic E-state index is -0.135. The minimum absolute atomic E-state index is 0.135. The van der Waals surface area contributed by atoms with Crippen LogP contribution in [-0.2, 0) is 6.54 Å². The molecule has 1 aromatic heterocycles. The standard InChI is InChI=1S/C15H14FN3/c16-12-2-1-3-13(5-4-12)19-14-8-11-6-7-18-15(11)10-17-9-14/h1,3-9,18-19H,2,10H2. The summed E-state index contributed by atoms with van der Waals surface area (Å²) in [5.41, 5.74) is 3.97. The van der Waals surface area contributed by atoms with Crippen LogP contribution in [0.5, 0.6) is 0 Å². The fraction of sp³-hybridized carbons (Fsp3) is 0.133. The first-order valence-electron chi connectivity index (χ1n) is 6.19.